The van der Waals surface area contributed by atoms with E-state index in [4.69, 9.17) is 5.84 Å². The molecule has 106 valence electrons. The van der Waals surface area contributed by atoms with Gasteiger partial charge in [0, 0.05) is 11.3 Å². The predicted molar refractivity (Wildman–Crippen MR) is 79.0 cm³/mol. The molecule has 19 heavy (non-hydrogen) atoms. The summed E-state index contributed by atoms with van der Waals surface area (Å²) in [5.41, 5.74) is 2.66. The lowest BCUT2D eigenvalue weighted by atomic mass is 10.0. The minimum Gasteiger partial charge on any atom is -0.349 e. The number of hydrazine groups is 1. The van der Waals surface area contributed by atoms with E-state index in [1.807, 2.05) is 0 Å². The van der Waals surface area contributed by atoms with E-state index in [2.05, 4.69) is 41.0 Å². The minimum atomic E-state index is -0.212. The second kappa shape index (κ2) is 7.30. The summed E-state index contributed by atoms with van der Waals surface area (Å²) in [6, 6.07) is 3.21. The molecule has 1 aromatic heterocycles. The smallest absolute Gasteiger partial charge is 0.271 e. The summed E-state index contributed by atoms with van der Waals surface area (Å²) in [4.78, 5) is 12.0. The van der Waals surface area contributed by atoms with Crippen LogP contribution in [0.15, 0.2) is 12.1 Å². The molecule has 0 spiro atoms. The molecule has 0 unspecified atom stereocenters. The summed E-state index contributed by atoms with van der Waals surface area (Å²) in [5.74, 6) is 5.41. The number of hydrogen-bond acceptors (Lipinski definition) is 6. The maximum absolute atomic E-state index is 12.0. The summed E-state index contributed by atoms with van der Waals surface area (Å²) < 4.78 is 0.0852. The summed E-state index contributed by atoms with van der Waals surface area (Å²) in [7, 11) is 0. The van der Waals surface area contributed by atoms with Crippen LogP contribution in [0, 0.1) is 0 Å². The molecule has 0 atom stereocenters. The van der Waals surface area contributed by atoms with Crippen LogP contribution in [0.25, 0.3) is 0 Å². The Morgan fingerprint density at radius 1 is 1.37 bits per heavy atom. The number of nitrogen functional groups attached to an aromatic ring is 1. The number of amides is 1. The highest BCUT2D eigenvalue weighted by molar-refractivity contribution is 8.00. The molecule has 0 bridgehead atoms. The Labute approximate surface area is 117 Å². The van der Waals surface area contributed by atoms with Crippen molar-refractivity contribution >= 4 is 23.5 Å². The van der Waals surface area contributed by atoms with Crippen LogP contribution in [0.5, 0.6) is 0 Å². The van der Waals surface area contributed by atoms with Crippen molar-refractivity contribution in [3.8, 4) is 0 Å². The van der Waals surface area contributed by atoms with Crippen molar-refractivity contribution in [1.82, 2.24) is 15.5 Å². The molecule has 0 aliphatic carbocycles. The van der Waals surface area contributed by atoms with Crippen molar-refractivity contribution in [2.45, 2.75) is 31.4 Å². The number of rotatable bonds is 7. The van der Waals surface area contributed by atoms with Crippen LogP contribution in [-0.4, -0.2) is 33.7 Å². The fraction of sp³-hybridized carbons (Fsp3) is 0.583. The largest absolute Gasteiger partial charge is 0.349 e. The molecule has 1 aromatic rings. The molecule has 0 saturated carbocycles. The van der Waals surface area contributed by atoms with Crippen molar-refractivity contribution in [1.29, 1.82) is 0 Å². The topological polar surface area (TPSA) is 92.9 Å². The molecule has 1 amide bonds. The standard InChI is InChI=1S/C12H21N5OS/c1-4-12(5-2,19-3)8-14-11(18)9-6-7-10(15-13)17-16-9/h6-7H,4-5,8,13H2,1-3H3,(H,14,18)(H,15,17). The van der Waals surface area contributed by atoms with Crippen LogP contribution in [0.1, 0.15) is 37.2 Å². The number of aromatic nitrogens is 2. The van der Waals surface area contributed by atoms with Crippen LogP contribution < -0.4 is 16.6 Å². The third-order valence-electron chi connectivity index (χ3n) is 3.34. The number of carbonyl (C=O) groups is 1. The highest BCUT2D eigenvalue weighted by atomic mass is 32.2. The van der Waals surface area contributed by atoms with Crippen molar-refractivity contribution in [3.05, 3.63) is 17.8 Å². The lowest BCUT2D eigenvalue weighted by molar-refractivity contribution is 0.0943. The minimum absolute atomic E-state index is 0.0852. The number of nitrogens with two attached hydrogens (primary N) is 1. The number of nitrogens with one attached hydrogen (secondary N) is 2. The summed E-state index contributed by atoms with van der Waals surface area (Å²) in [6.07, 6.45) is 4.08. The highest BCUT2D eigenvalue weighted by Crippen LogP contribution is 2.29. The van der Waals surface area contributed by atoms with Gasteiger partial charge in [0.2, 0.25) is 0 Å². The zero-order chi connectivity index (χ0) is 14.3. The Balaban J connectivity index is 2.63. The molecular formula is C12H21N5OS. The Kier molecular flexibility index (Phi) is 6.04. The van der Waals surface area contributed by atoms with E-state index in [1.165, 1.54) is 0 Å². The molecule has 0 aliphatic rings. The fourth-order valence-corrected chi connectivity index (χ4v) is 2.52. The lowest BCUT2D eigenvalue weighted by Gasteiger charge is -2.29. The van der Waals surface area contributed by atoms with Gasteiger partial charge >= 0.3 is 0 Å². The van der Waals surface area contributed by atoms with Gasteiger partial charge in [0.1, 0.15) is 0 Å². The second-order valence-corrected chi connectivity index (χ2v) is 5.50. The summed E-state index contributed by atoms with van der Waals surface area (Å²) in [6.45, 7) is 4.89. The van der Waals surface area contributed by atoms with Crippen molar-refractivity contribution in [3.63, 3.8) is 0 Å². The molecule has 1 heterocycles. The maximum atomic E-state index is 12.0. The SMILES string of the molecule is CCC(CC)(CNC(=O)c1ccc(NN)nn1)SC. The van der Waals surface area contributed by atoms with E-state index in [0.717, 1.165) is 12.8 Å². The van der Waals surface area contributed by atoms with Crippen LogP contribution in [0.2, 0.25) is 0 Å². The van der Waals surface area contributed by atoms with Gasteiger partial charge in [-0.2, -0.15) is 11.8 Å². The van der Waals surface area contributed by atoms with Gasteiger partial charge in [-0.3, -0.25) is 4.79 Å². The quantitative estimate of drug-likeness (QED) is 0.517. The first-order chi connectivity index (χ1) is 9.10. The van der Waals surface area contributed by atoms with Gasteiger partial charge in [-0.05, 0) is 31.2 Å². The van der Waals surface area contributed by atoms with E-state index >= 15 is 0 Å². The van der Waals surface area contributed by atoms with E-state index in [9.17, 15) is 4.79 Å². The first-order valence-corrected chi connectivity index (χ1v) is 7.47. The normalized spacial score (nSPS) is 11.2. The van der Waals surface area contributed by atoms with Crippen LogP contribution in [-0.2, 0) is 0 Å². The molecule has 0 fully saturated rings. The van der Waals surface area contributed by atoms with Crippen LogP contribution in [0.4, 0.5) is 5.82 Å². The van der Waals surface area contributed by atoms with Crippen molar-refractivity contribution < 1.29 is 4.79 Å². The van der Waals surface area contributed by atoms with E-state index < -0.39 is 0 Å². The average Bonchev–Trinajstić information content (AvgIpc) is 2.49. The molecule has 0 aliphatic heterocycles. The van der Waals surface area contributed by atoms with E-state index in [-0.39, 0.29) is 10.7 Å². The van der Waals surface area contributed by atoms with Gasteiger partial charge in [0.05, 0.1) is 0 Å². The average molecular weight is 283 g/mol. The number of nitrogens with zero attached hydrogens (tertiary/aromatic N) is 2. The highest BCUT2D eigenvalue weighted by Gasteiger charge is 2.25. The number of anilines is 1. The molecule has 0 aromatic carbocycles. The Morgan fingerprint density at radius 2 is 2.05 bits per heavy atom. The van der Waals surface area contributed by atoms with Gasteiger partial charge < -0.3 is 10.7 Å². The third-order valence-corrected chi connectivity index (χ3v) is 4.93. The Morgan fingerprint density at radius 3 is 2.47 bits per heavy atom. The zero-order valence-electron chi connectivity index (χ0n) is 11.6. The molecule has 0 saturated heterocycles. The first-order valence-electron chi connectivity index (χ1n) is 6.24. The molecule has 6 nitrogen and oxygen atoms in total. The van der Waals surface area contributed by atoms with Crippen LogP contribution >= 0.6 is 11.8 Å². The lowest BCUT2D eigenvalue weighted by Crippen LogP contribution is -2.39. The first kappa shape index (κ1) is 15.7. The third kappa shape index (κ3) is 4.07. The van der Waals surface area contributed by atoms with Gasteiger partial charge in [-0.15, -0.1) is 10.2 Å². The molecule has 1 rings (SSSR count). The molecule has 0 radical (unpaired) electrons. The molecule has 4 N–H and O–H groups in total. The fourth-order valence-electron chi connectivity index (χ4n) is 1.72. The van der Waals surface area contributed by atoms with Crippen LogP contribution in [0.3, 0.4) is 0 Å². The van der Waals surface area contributed by atoms with Crippen molar-refractivity contribution in [2.75, 3.05) is 18.2 Å². The Hall–Kier alpha value is -1.34. The monoisotopic (exact) mass is 283 g/mol. The van der Waals surface area contributed by atoms with E-state index in [0.29, 0.717) is 18.1 Å². The van der Waals surface area contributed by atoms with Crippen molar-refractivity contribution in [2.24, 2.45) is 5.84 Å². The number of thioether (sulfide) groups is 1. The summed E-state index contributed by atoms with van der Waals surface area (Å²) >= 11 is 1.78. The van der Waals surface area contributed by atoms with Gasteiger partial charge in [0.15, 0.2) is 11.5 Å². The number of carbonyl (C=O) groups excluding carboxylic acids is 1. The number of hydrogen-bond donors (Lipinski definition) is 3. The molecule has 7 heteroatoms. The van der Waals surface area contributed by atoms with E-state index in [1.54, 1.807) is 23.9 Å². The summed E-state index contributed by atoms with van der Waals surface area (Å²) in [5, 5.41) is 10.5. The second-order valence-electron chi connectivity index (χ2n) is 4.23. The van der Waals surface area contributed by atoms with Gasteiger partial charge in [-0.1, -0.05) is 13.8 Å². The maximum Gasteiger partial charge on any atom is 0.271 e. The zero-order valence-corrected chi connectivity index (χ0v) is 12.4. The molecular weight excluding hydrogens is 262 g/mol. The van der Waals surface area contributed by atoms with Gasteiger partial charge in [0.25, 0.3) is 5.91 Å². The van der Waals surface area contributed by atoms with Gasteiger partial charge in [-0.25, -0.2) is 5.84 Å². The Bertz CT molecular complexity index is 397. The predicted octanol–water partition coefficient (Wildman–Crippen LogP) is 1.41.